The molecule has 0 saturated heterocycles. The number of rotatable bonds is 6. The van der Waals surface area contributed by atoms with Gasteiger partial charge in [-0.2, -0.15) is 4.37 Å². The molecule has 0 aliphatic heterocycles. The number of hydrogen-bond acceptors (Lipinski definition) is 8. The van der Waals surface area contributed by atoms with Crippen LogP contribution in [0.1, 0.15) is 23.1 Å². The van der Waals surface area contributed by atoms with Crippen LogP contribution in [-0.4, -0.2) is 34.3 Å². The number of fused-ring (bicyclic) bond motifs is 2. The molecule has 2 aromatic heterocycles. The van der Waals surface area contributed by atoms with E-state index >= 15 is 0 Å². The second-order valence-corrected chi connectivity index (χ2v) is 10.5. The standard InChI is InChI=1S/C22H19FN5O5S2/c1-12(29)26-15-6-5-13-3-2-4-14(16(13)7-15)10-28-18-8-17(23)20(9-19(18)33-22(28)30)35(31,32)27-21-24-11-25-34-21/h2-4,8-9,11,15H,1,5-7,10H2,(H,26,29)(H,24,25,27)/t15-/m0/s1. The third kappa shape index (κ3) is 4.56. The second kappa shape index (κ2) is 8.89. The van der Waals surface area contributed by atoms with Gasteiger partial charge in [0.25, 0.3) is 10.0 Å². The summed E-state index contributed by atoms with van der Waals surface area (Å²) in [6.45, 7) is 3.47. The fourth-order valence-corrected chi connectivity index (χ4v) is 6.08. The molecule has 1 amide bonds. The lowest BCUT2D eigenvalue weighted by molar-refractivity contribution is -0.117. The largest absolute Gasteiger partial charge is 0.420 e. The van der Waals surface area contributed by atoms with Gasteiger partial charge >= 0.3 is 5.76 Å². The molecule has 2 heterocycles. The minimum Gasteiger partial charge on any atom is -0.408 e. The van der Waals surface area contributed by atoms with Crippen molar-refractivity contribution < 1.29 is 22.0 Å². The van der Waals surface area contributed by atoms with Gasteiger partial charge in [-0.15, -0.1) is 0 Å². The molecule has 4 aromatic rings. The first-order valence-corrected chi connectivity index (χ1v) is 12.8. The van der Waals surface area contributed by atoms with E-state index in [1.54, 1.807) is 0 Å². The van der Waals surface area contributed by atoms with Crippen LogP contribution in [0, 0.1) is 12.7 Å². The summed E-state index contributed by atoms with van der Waals surface area (Å²) in [5.41, 5.74) is 2.99. The Morgan fingerprint density at radius 3 is 2.91 bits per heavy atom. The van der Waals surface area contributed by atoms with E-state index < -0.39 is 26.5 Å². The van der Waals surface area contributed by atoms with E-state index in [-0.39, 0.29) is 34.7 Å². The van der Waals surface area contributed by atoms with Gasteiger partial charge in [0.15, 0.2) is 5.58 Å². The summed E-state index contributed by atoms with van der Waals surface area (Å²) in [6, 6.07) is 7.62. The number of amides is 1. The molecule has 1 radical (unpaired) electrons. The van der Waals surface area contributed by atoms with Gasteiger partial charge in [0.1, 0.15) is 17.0 Å². The number of aromatic nitrogens is 3. The first-order chi connectivity index (χ1) is 16.7. The predicted octanol–water partition coefficient (Wildman–Crippen LogP) is 2.24. The summed E-state index contributed by atoms with van der Waals surface area (Å²) in [4.78, 5) is 27.1. The van der Waals surface area contributed by atoms with Crippen molar-refractivity contribution in [3.05, 3.63) is 76.6 Å². The fraction of sp³-hybridized carbons (Fsp3) is 0.227. The number of sulfonamides is 1. The highest BCUT2D eigenvalue weighted by Crippen LogP contribution is 2.28. The van der Waals surface area contributed by atoms with Crippen LogP contribution in [0.4, 0.5) is 9.52 Å². The van der Waals surface area contributed by atoms with Crippen LogP contribution < -0.4 is 15.8 Å². The van der Waals surface area contributed by atoms with Crippen LogP contribution in [0.15, 0.2) is 50.8 Å². The van der Waals surface area contributed by atoms with Gasteiger partial charge in [-0.25, -0.2) is 22.6 Å². The Kier molecular flexibility index (Phi) is 5.89. The molecule has 0 spiro atoms. The number of nitrogens with zero attached hydrogens (tertiary/aromatic N) is 3. The van der Waals surface area contributed by atoms with Crippen LogP contribution in [0.5, 0.6) is 0 Å². The third-order valence-electron chi connectivity index (χ3n) is 5.87. The van der Waals surface area contributed by atoms with Crippen molar-refractivity contribution in [2.75, 3.05) is 4.72 Å². The molecule has 1 aliphatic rings. The summed E-state index contributed by atoms with van der Waals surface area (Å²) in [5.74, 6) is -2.14. The molecule has 1 aliphatic carbocycles. The van der Waals surface area contributed by atoms with Gasteiger partial charge in [0.2, 0.25) is 11.0 Å². The molecule has 2 aromatic carbocycles. The Labute approximate surface area is 203 Å². The Morgan fingerprint density at radius 2 is 2.17 bits per heavy atom. The van der Waals surface area contributed by atoms with Crippen molar-refractivity contribution in [3.63, 3.8) is 0 Å². The molecule has 0 bridgehead atoms. The van der Waals surface area contributed by atoms with Crippen molar-refractivity contribution in [3.8, 4) is 0 Å². The molecule has 181 valence electrons. The average molecular weight is 517 g/mol. The highest BCUT2D eigenvalue weighted by molar-refractivity contribution is 7.93. The minimum atomic E-state index is -4.32. The van der Waals surface area contributed by atoms with E-state index in [2.05, 4.69) is 26.3 Å². The first-order valence-electron chi connectivity index (χ1n) is 10.6. The van der Waals surface area contributed by atoms with Crippen molar-refractivity contribution in [1.29, 1.82) is 0 Å². The van der Waals surface area contributed by atoms with E-state index in [1.165, 1.54) is 10.9 Å². The number of hydrogen-bond donors (Lipinski definition) is 2. The molecule has 0 unspecified atom stereocenters. The SMILES string of the molecule is [CH2]C(=O)N[C@H]1CCc2cccc(Cn3c(=O)oc4cc(S(=O)(=O)Nc5ncns5)c(F)cc43)c2C1. The van der Waals surface area contributed by atoms with Crippen molar-refractivity contribution in [2.45, 2.75) is 36.7 Å². The van der Waals surface area contributed by atoms with Crippen LogP contribution in [0.25, 0.3) is 11.1 Å². The number of carbonyl (C=O) groups is 1. The number of anilines is 1. The third-order valence-corrected chi connectivity index (χ3v) is 7.93. The summed E-state index contributed by atoms with van der Waals surface area (Å²) < 4.78 is 52.6. The Bertz CT molecular complexity index is 1590. The zero-order chi connectivity index (χ0) is 24.7. The molecule has 1 atom stereocenters. The molecule has 10 nitrogen and oxygen atoms in total. The van der Waals surface area contributed by atoms with E-state index in [1.807, 2.05) is 18.2 Å². The Balaban J connectivity index is 1.50. The van der Waals surface area contributed by atoms with E-state index in [0.717, 1.165) is 53.2 Å². The fourth-order valence-electron chi connectivity index (χ4n) is 4.34. The van der Waals surface area contributed by atoms with Crippen molar-refractivity contribution in [1.82, 2.24) is 19.2 Å². The molecule has 0 fully saturated rings. The second-order valence-electron chi connectivity index (χ2n) is 8.12. The van der Waals surface area contributed by atoms with Gasteiger partial charge in [0.05, 0.1) is 12.1 Å². The molecule has 13 heteroatoms. The number of aryl methyl sites for hydroxylation is 1. The molecule has 0 saturated carbocycles. The van der Waals surface area contributed by atoms with E-state index in [9.17, 15) is 22.4 Å². The Hall–Kier alpha value is -3.58. The molecule has 35 heavy (non-hydrogen) atoms. The first kappa shape index (κ1) is 23.2. The van der Waals surface area contributed by atoms with E-state index in [4.69, 9.17) is 4.42 Å². The predicted molar refractivity (Wildman–Crippen MR) is 126 cm³/mol. The zero-order valence-electron chi connectivity index (χ0n) is 18.2. The van der Waals surface area contributed by atoms with Crippen LogP contribution in [0.2, 0.25) is 0 Å². The smallest absolute Gasteiger partial charge is 0.408 e. The summed E-state index contributed by atoms with van der Waals surface area (Å²) >= 11 is 0.798. The van der Waals surface area contributed by atoms with Crippen LogP contribution in [-0.2, 0) is 34.2 Å². The van der Waals surface area contributed by atoms with Gasteiger partial charge in [-0.1, -0.05) is 18.2 Å². The number of oxazole rings is 1. The van der Waals surface area contributed by atoms with Crippen LogP contribution in [0.3, 0.4) is 0 Å². The van der Waals surface area contributed by atoms with Gasteiger partial charge in [-0.3, -0.25) is 14.1 Å². The highest BCUT2D eigenvalue weighted by atomic mass is 32.2. The van der Waals surface area contributed by atoms with Crippen molar-refractivity contribution >= 4 is 43.7 Å². The maximum absolute atomic E-state index is 15.0. The summed E-state index contributed by atoms with van der Waals surface area (Å²) in [7, 11) is -4.32. The summed E-state index contributed by atoms with van der Waals surface area (Å²) in [6.07, 6.45) is 3.27. The normalized spacial score (nSPS) is 15.7. The molecule has 5 rings (SSSR count). The number of halogens is 1. The lowest BCUT2D eigenvalue weighted by atomic mass is 9.85. The van der Waals surface area contributed by atoms with Gasteiger partial charge in [-0.05, 0) is 36.0 Å². The summed E-state index contributed by atoms with van der Waals surface area (Å²) in [5, 5.41) is 2.81. The lowest BCUT2D eigenvalue weighted by Crippen LogP contribution is -2.38. The Morgan fingerprint density at radius 1 is 1.34 bits per heavy atom. The van der Waals surface area contributed by atoms with Crippen molar-refractivity contribution in [2.24, 2.45) is 0 Å². The highest BCUT2D eigenvalue weighted by Gasteiger charge is 2.25. The topological polar surface area (TPSA) is 136 Å². The molecular formula is C22H19FN5O5S2. The monoisotopic (exact) mass is 516 g/mol. The maximum Gasteiger partial charge on any atom is 0.420 e. The van der Waals surface area contributed by atoms with Crippen LogP contribution >= 0.6 is 11.5 Å². The number of carbonyl (C=O) groups excluding carboxylic acids is 1. The maximum atomic E-state index is 15.0. The van der Waals surface area contributed by atoms with Gasteiger partial charge in [0, 0.05) is 36.6 Å². The minimum absolute atomic E-state index is 0.0225. The zero-order valence-corrected chi connectivity index (χ0v) is 19.8. The molecule has 2 N–H and O–H groups in total. The lowest BCUT2D eigenvalue weighted by Gasteiger charge is -2.27. The van der Waals surface area contributed by atoms with Gasteiger partial charge < -0.3 is 9.73 Å². The quantitative estimate of drug-likeness (QED) is 0.401. The number of nitrogens with one attached hydrogen (secondary N) is 2. The molecular weight excluding hydrogens is 497 g/mol. The van der Waals surface area contributed by atoms with E-state index in [0.29, 0.717) is 6.42 Å². The number of benzene rings is 2. The average Bonchev–Trinajstić information content (AvgIpc) is 3.40.